The van der Waals surface area contributed by atoms with Crippen molar-refractivity contribution in [3.05, 3.63) is 0 Å². The molecule has 0 saturated heterocycles. The molecule has 45 heavy (non-hydrogen) atoms. The van der Waals surface area contributed by atoms with Crippen molar-refractivity contribution in [2.45, 2.75) is 70.9 Å². The molecular formula is C29H53N5O11. The first-order valence-corrected chi connectivity index (χ1v) is 15.4. The molecule has 0 aliphatic carbocycles. The minimum atomic E-state index is -1.19. The van der Waals surface area contributed by atoms with Gasteiger partial charge in [0.15, 0.2) is 0 Å². The van der Waals surface area contributed by atoms with E-state index in [0.717, 1.165) is 19.3 Å². The lowest BCUT2D eigenvalue weighted by Crippen LogP contribution is -2.41. The van der Waals surface area contributed by atoms with E-state index >= 15 is 0 Å². The van der Waals surface area contributed by atoms with Crippen LogP contribution in [0.25, 0.3) is 0 Å². The highest BCUT2D eigenvalue weighted by Gasteiger charge is 2.20. The first-order valence-electron chi connectivity index (χ1n) is 15.4. The summed E-state index contributed by atoms with van der Waals surface area (Å²) in [6, 6.07) is -1.26. The highest BCUT2D eigenvalue weighted by molar-refractivity contribution is 5.84. The summed E-state index contributed by atoms with van der Waals surface area (Å²) in [7, 11) is 1.75. The molecule has 0 aromatic carbocycles. The SMILES string of the molecule is CCCC(=O)N[C@@H](CCC(=O)NCCOCCOCC(=O)NCCOCCOCC(=O)NCCCCC(NC)C(C)=O)C(=O)O. The molecule has 260 valence electrons. The maximum atomic E-state index is 11.9. The molecule has 0 aliphatic heterocycles. The predicted molar refractivity (Wildman–Crippen MR) is 163 cm³/mol. The third kappa shape index (κ3) is 25.8. The number of hydrogen-bond acceptors (Lipinski definition) is 11. The Hall–Kier alpha value is -3.18. The summed E-state index contributed by atoms with van der Waals surface area (Å²) in [5, 5.41) is 22.6. The van der Waals surface area contributed by atoms with Crippen LogP contribution in [0.3, 0.4) is 0 Å². The van der Waals surface area contributed by atoms with E-state index in [1.165, 1.54) is 0 Å². The Labute approximate surface area is 265 Å². The van der Waals surface area contributed by atoms with Gasteiger partial charge in [-0.15, -0.1) is 0 Å². The van der Waals surface area contributed by atoms with Crippen molar-refractivity contribution in [3.8, 4) is 0 Å². The molecule has 0 aliphatic rings. The lowest BCUT2D eigenvalue weighted by molar-refractivity contribution is -0.142. The van der Waals surface area contributed by atoms with Gasteiger partial charge >= 0.3 is 5.97 Å². The fourth-order valence-electron chi connectivity index (χ4n) is 3.76. The first-order chi connectivity index (χ1) is 21.6. The fourth-order valence-corrected chi connectivity index (χ4v) is 3.76. The lowest BCUT2D eigenvalue weighted by Gasteiger charge is -2.14. The van der Waals surface area contributed by atoms with Crippen molar-refractivity contribution in [2.24, 2.45) is 0 Å². The van der Waals surface area contributed by atoms with Gasteiger partial charge in [-0.25, -0.2) is 4.79 Å². The third-order valence-electron chi connectivity index (χ3n) is 6.20. The van der Waals surface area contributed by atoms with Gasteiger partial charge in [-0.2, -0.15) is 0 Å². The molecule has 0 aromatic heterocycles. The second-order valence-corrected chi connectivity index (χ2v) is 10.1. The van der Waals surface area contributed by atoms with Gasteiger partial charge in [-0.3, -0.25) is 24.0 Å². The van der Waals surface area contributed by atoms with Crippen LogP contribution in [0.15, 0.2) is 0 Å². The quantitative estimate of drug-likeness (QED) is 0.0512. The molecule has 0 bridgehead atoms. The molecule has 1 unspecified atom stereocenters. The van der Waals surface area contributed by atoms with Crippen molar-refractivity contribution in [1.29, 1.82) is 0 Å². The van der Waals surface area contributed by atoms with E-state index in [9.17, 15) is 33.9 Å². The number of ether oxygens (including phenoxy) is 4. The van der Waals surface area contributed by atoms with Crippen molar-refractivity contribution < 1.29 is 52.8 Å². The smallest absolute Gasteiger partial charge is 0.326 e. The maximum Gasteiger partial charge on any atom is 0.326 e. The molecule has 0 aromatic rings. The summed E-state index contributed by atoms with van der Waals surface area (Å²) in [6.45, 7) is 5.56. The number of rotatable bonds is 30. The average molecular weight is 648 g/mol. The number of nitrogens with one attached hydrogen (secondary N) is 5. The van der Waals surface area contributed by atoms with Crippen LogP contribution in [0.4, 0.5) is 0 Å². The van der Waals surface area contributed by atoms with Crippen molar-refractivity contribution >= 4 is 35.4 Å². The van der Waals surface area contributed by atoms with Crippen LogP contribution in [0.1, 0.15) is 58.8 Å². The minimum Gasteiger partial charge on any atom is -0.480 e. The third-order valence-corrected chi connectivity index (χ3v) is 6.20. The van der Waals surface area contributed by atoms with E-state index in [0.29, 0.717) is 13.0 Å². The summed E-state index contributed by atoms with van der Waals surface area (Å²) < 4.78 is 21.2. The molecule has 0 radical (unpaired) electrons. The number of hydrogen-bond donors (Lipinski definition) is 6. The van der Waals surface area contributed by atoms with Crippen LogP contribution in [0.5, 0.6) is 0 Å². The van der Waals surface area contributed by atoms with Gasteiger partial charge in [-0.05, 0) is 46.1 Å². The minimum absolute atomic E-state index is 0.0149. The number of carboxylic acid groups (broad SMARTS) is 1. The molecule has 0 rings (SSSR count). The van der Waals surface area contributed by atoms with Crippen LogP contribution < -0.4 is 26.6 Å². The Kier molecular flexibility index (Phi) is 26.3. The molecule has 4 amide bonds. The summed E-state index contributed by atoms with van der Waals surface area (Å²) in [6.07, 6.45) is 3.09. The number of carbonyl (C=O) groups excluding carboxylic acids is 5. The molecule has 16 heteroatoms. The largest absolute Gasteiger partial charge is 0.480 e. The van der Waals surface area contributed by atoms with Gasteiger partial charge in [0.05, 0.1) is 45.7 Å². The van der Waals surface area contributed by atoms with Gasteiger partial charge in [0.1, 0.15) is 25.0 Å². The van der Waals surface area contributed by atoms with E-state index < -0.39 is 12.0 Å². The molecule has 2 atom stereocenters. The summed E-state index contributed by atoms with van der Waals surface area (Å²) >= 11 is 0. The highest BCUT2D eigenvalue weighted by Crippen LogP contribution is 2.01. The standard InChI is InChI=1S/C29H53N5O11/c1-4-7-26(37)34-24(29(40)41)9-10-25(36)32-12-14-42-16-19-45-21-28(39)33-13-15-43-17-18-44-20-27(38)31-11-6-5-8-23(30-3)22(2)35/h23-24,30H,4-21H2,1-3H3,(H,31,38)(H,32,36)(H,33,39)(H,34,37)(H,40,41)/t23?,24-/m0/s1. The summed E-state index contributed by atoms with van der Waals surface area (Å²) in [5.74, 6) is -2.33. The molecule has 0 saturated carbocycles. The zero-order valence-corrected chi connectivity index (χ0v) is 26.9. The molecule has 6 N–H and O–H groups in total. The van der Waals surface area contributed by atoms with Crippen molar-refractivity contribution in [1.82, 2.24) is 26.6 Å². The molecule has 0 fully saturated rings. The first kappa shape index (κ1) is 41.8. The Morgan fingerprint density at radius 1 is 0.622 bits per heavy atom. The zero-order valence-electron chi connectivity index (χ0n) is 26.9. The number of amides is 4. The average Bonchev–Trinajstić information content (AvgIpc) is 2.99. The Bertz CT molecular complexity index is 876. The predicted octanol–water partition coefficient (Wildman–Crippen LogP) is -1.10. The number of Topliss-reactive ketones (excluding diaryl/α,β-unsaturated/α-hetero) is 1. The second-order valence-electron chi connectivity index (χ2n) is 10.1. The van der Waals surface area contributed by atoms with Crippen molar-refractivity contribution in [3.63, 3.8) is 0 Å². The highest BCUT2D eigenvalue weighted by atomic mass is 16.5. The Morgan fingerprint density at radius 2 is 1.16 bits per heavy atom. The molecular weight excluding hydrogens is 594 g/mol. The van der Waals surface area contributed by atoms with Crippen LogP contribution in [0, 0.1) is 0 Å². The van der Waals surface area contributed by atoms with Gasteiger partial charge in [-0.1, -0.05) is 6.92 Å². The van der Waals surface area contributed by atoms with Crippen LogP contribution >= 0.6 is 0 Å². The number of unbranched alkanes of at least 4 members (excludes halogenated alkanes) is 1. The van der Waals surface area contributed by atoms with Crippen molar-refractivity contribution in [2.75, 3.05) is 79.5 Å². The van der Waals surface area contributed by atoms with Gasteiger partial charge in [0, 0.05) is 32.5 Å². The van der Waals surface area contributed by atoms with E-state index in [1.807, 2.05) is 6.92 Å². The second kappa shape index (κ2) is 28.3. The molecule has 0 spiro atoms. The number of ketones is 1. The molecule has 16 nitrogen and oxygen atoms in total. The van der Waals surface area contributed by atoms with Crippen LogP contribution in [0.2, 0.25) is 0 Å². The van der Waals surface area contributed by atoms with E-state index in [4.69, 9.17) is 18.9 Å². The van der Waals surface area contributed by atoms with Gasteiger partial charge in [0.2, 0.25) is 23.6 Å². The normalized spacial score (nSPS) is 12.2. The number of carbonyl (C=O) groups is 6. The molecule has 0 heterocycles. The van der Waals surface area contributed by atoms with E-state index in [1.54, 1.807) is 14.0 Å². The summed E-state index contributed by atoms with van der Waals surface area (Å²) in [5.41, 5.74) is 0. The van der Waals surface area contributed by atoms with Gasteiger partial charge in [0.25, 0.3) is 0 Å². The van der Waals surface area contributed by atoms with Crippen LogP contribution in [-0.2, 0) is 47.7 Å². The Morgan fingerprint density at radius 3 is 1.67 bits per heavy atom. The summed E-state index contributed by atoms with van der Waals surface area (Å²) in [4.78, 5) is 69.6. The van der Waals surface area contributed by atoms with E-state index in [-0.39, 0.29) is 121 Å². The number of aliphatic carboxylic acids is 1. The monoisotopic (exact) mass is 647 g/mol. The fraction of sp³-hybridized carbons (Fsp3) is 0.793. The Balaban J connectivity index is 3.57. The number of likely N-dealkylation sites (N-methyl/N-ethyl adjacent to an activating group) is 1. The van der Waals surface area contributed by atoms with Crippen LogP contribution in [-0.4, -0.2) is 132 Å². The maximum absolute atomic E-state index is 11.9. The topological polar surface area (TPSA) is 220 Å². The van der Waals surface area contributed by atoms with Gasteiger partial charge < -0.3 is 50.6 Å². The lowest BCUT2D eigenvalue weighted by atomic mass is 10.1. The number of carboxylic acids is 1. The zero-order chi connectivity index (χ0) is 33.7. The van der Waals surface area contributed by atoms with E-state index in [2.05, 4.69) is 26.6 Å².